The molecule has 1 aliphatic heterocycles. The van der Waals surface area contributed by atoms with E-state index in [4.69, 9.17) is 14.7 Å². The van der Waals surface area contributed by atoms with Gasteiger partial charge in [-0.15, -0.1) is 0 Å². The lowest BCUT2D eigenvalue weighted by Crippen LogP contribution is -2.46. The Kier molecular flexibility index (Phi) is 6.22. The van der Waals surface area contributed by atoms with E-state index in [1.54, 1.807) is 43.4 Å². The van der Waals surface area contributed by atoms with E-state index in [1.807, 2.05) is 18.2 Å². The van der Waals surface area contributed by atoms with Crippen LogP contribution >= 0.6 is 0 Å². The van der Waals surface area contributed by atoms with Crippen molar-refractivity contribution in [3.8, 4) is 17.6 Å². The van der Waals surface area contributed by atoms with Crippen LogP contribution < -0.4 is 20.1 Å². The van der Waals surface area contributed by atoms with Crippen LogP contribution in [0.1, 0.15) is 18.4 Å². The maximum absolute atomic E-state index is 12.6. The number of piperidine rings is 1. The predicted molar refractivity (Wildman–Crippen MR) is 108 cm³/mol. The number of carbonyl (C=O) groups is 1. The highest BCUT2D eigenvalue weighted by Crippen LogP contribution is 2.27. The molecule has 2 aromatic rings. The van der Waals surface area contributed by atoms with E-state index in [1.165, 1.54) is 0 Å². The molecule has 0 aromatic heterocycles. The minimum absolute atomic E-state index is 0.127. The molecule has 1 atom stereocenters. The zero-order valence-corrected chi connectivity index (χ0v) is 16.1. The van der Waals surface area contributed by atoms with Crippen molar-refractivity contribution in [2.45, 2.75) is 18.9 Å². The summed E-state index contributed by atoms with van der Waals surface area (Å²) in [4.78, 5) is 14.4. The third kappa shape index (κ3) is 4.86. The first-order chi connectivity index (χ1) is 13.6. The van der Waals surface area contributed by atoms with Gasteiger partial charge < -0.3 is 25.0 Å². The van der Waals surface area contributed by atoms with E-state index in [-0.39, 0.29) is 12.1 Å². The number of hydrogen-bond acceptors (Lipinski definition) is 5. The number of ether oxygens (including phenoxy) is 2. The van der Waals surface area contributed by atoms with Crippen LogP contribution in [0.25, 0.3) is 0 Å². The Bertz CT molecular complexity index is 856. The van der Waals surface area contributed by atoms with E-state index in [0.717, 1.165) is 18.5 Å². The van der Waals surface area contributed by atoms with Crippen LogP contribution in [-0.2, 0) is 0 Å². The molecule has 1 fully saturated rings. The van der Waals surface area contributed by atoms with Crippen molar-refractivity contribution in [3.63, 3.8) is 0 Å². The molecular formula is C21H24N4O3. The number of benzene rings is 2. The monoisotopic (exact) mass is 380 g/mol. The first-order valence-corrected chi connectivity index (χ1v) is 9.17. The number of rotatable bonds is 5. The van der Waals surface area contributed by atoms with Gasteiger partial charge in [0.2, 0.25) is 0 Å². The van der Waals surface area contributed by atoms with Crippen molar-refractivity contribution in [1.82, 2.24) is 4.90 Å². The number of nitriles is 1. The molecule has 1 aliphatic rings. The third-order valence-corrected chi connectivity index (χ3v) is 4.67. The summed E-state index contributed by atoms with van der Waals surface area (Å²) < 4.78 is 10.6. The summed E-state index contributed by atoms with van der Waals surface area (Å²) >= 11 is 0. The molecular weight excluding hydrogens is 356 g/mol. The predicted octanol–water partition coefficient (Wildman–Crippen LogP) is 3.68. The Morgan fingerprint density at radius 3 is 2.57 bits per heavy atom. The SMILES string of the molecule is COc1cc(NC2CCCN(C(=O)Nc3cccc(C#N)c3)C2)cc(OC)c1. The van der Waals surface area contributed by atoms with Crippen LogP contribution in [0.2, 0.25) is 0 Å². The maximum Gasteiger partial charge on any atom is 0.321 e. The molecule has 0 saturated carbocycles. The van der Waals surface area contributed by atoms with Gasteiger partial charge in [-0.25, -0.2) is 4.79 Å². The third-order valence-electron chi connectivity index (χ3n) is 4.67. The van der Waals surface area contributed by atoms with Gasteiger partial charge in [-0.3, -0.25) is 0 Å². The van der Waals surface area contributed by atoms with E-state index in [2.05, 4.69) is 16.7 Å². The zero-order chi connectivity index (χ0) is 19.9. The Morgan fingerprint density at radius 1 is 1.14 bits per heavy atom. The van der Waals surface area contributed by atoms with Crippen LogP contribution in [0, 0.1) is 11.3 Å². The summed E-state index contributed by atoms with van der Waals surface area (Å²) in [6.07, 6.45) is 1.87. The molecule has 1 saturated heterocycles. The van der Waals surface area contributed by atoms with E-state index >= 15 is 0 Å². The van der Waals surface area contributed by atoms with Crippen LogP contribution in [0.4, 0.5) is 16.2 Å². The quantitative estimate of drug-likeness (QED) is 0.826. The standard InChI is InChI=1S/C21H24N4O3/c1-27-19-10-18(11-20(12-19)28-2)23-17-7-4-8-25(14-17)21(26)24-16-6-3-5-15(9-16)13-22/h3,5-6,9-12,17,23H,4,7-8,14H2,1-2H3,(H,24,26). The van der Waals surface area contributed by atoms with Gasteiger partial charge >= 0.3 is 6.03 Å². The smallest absolute Gasteiger partial charge is 0.321 e. The molecule has 7 heteroatoms. The Hall–Kier alpha value is -3.40. The summed E-state index contributed by atoms with van der Waals surface area (Å²) in [5, 5.41) is 15.3. The van der Waals surface area contributed by atoms with Gasteiger partial charge in [0.05, 0.1) is 25.9 Å². The van der Waals surface area contributed by atoms with E-state index in [9.17, 15) is 4.79 Å². The molecule has 0 aliphatic carbocycles. The highest BCUT2D eigenvalue weighted by Gasteiger charge is 2.24. The molecule has 7 nitrogen and oxygen atoms in total. The summed E-state index contributed by atoms with van der Waals surface area (Å²) in [7, 11) is 3.24. The average Bonchev–Trinajstić information content (AvgIpc) is 2.73. The number of nitrogens with zero attached hydrogens (tertiary/aromatic N) is 2. The van der Waals surface area contributed by atoms with Crippen molar-refractivity contribution in [3.05, 3.63) is 48.0 Å². The average molecular weight is 380 g/mol. The lowest BCUT2D eigenvalue weighted by molar-refractivity contribution is 0.196. The molecule has 0 radical (unpaired) electrons. The van der Waals surface area contributed by atoms with Crippen LogP contribution in [-0.4, -0.2) is 44.3 Å². The molecule has 1 heterocycles. The number of nitrogens with one attached hydrogen (secondary N) is 2. The van der Waals surface area contributed by atoms with Gasteiger partial charge in [0.25, 0.3) is 0 Å². The second-order valence-corrected chi connectivity index (χ2v) is 6.65. The highest BCUT2D eigenvalue weighted by atomic mass is 16.5. The number of methoxy groups -OCH3 is 2. The number of anilines is 2. The minimum atomic E-state index is -0.162. The van der Waals surface area contributed by atoms with Crippen LogP contribution in [0.3, 0.4) is 0 Å². The number of hydrogen-bond donors (Lipinski definition) is 2. The minimum Gasteiger partial charge on any atom is -0.497 e. The van der Waals surface area contributed by atoms with Crippen molar-refractivity contribution >= 4 is 17.4 Å². The molecule has 0 bridgehead atoms. The van der Waals surface area contributed by atoms with Crippen molar-refractivity contribution in [1.29, 1.82) is 5.26 Å². The fraction of sp³-hybridized carbons (Fsp3) is 0.333. The molecule has 0 spiro atoms. The van der Waals surface area contributed by atoms with Gasteiger partial charge in [-0.2, -0.15) is 5.26 Å². The van der Waals surface area contributed by atoms with Gasteiger partial charge in [0.1, 0.15) is 11.5 Å². The van der Waals surface area contributed by atoms with Gasteiger partial charge in [0.15, 0.2) is 0 Å². The topological polar surface area (TPSA) is 86.6 Å². The van der Waals surface area contributed by atoms with Crippen molar-refractivity contribution in [2.75, 3.05) is 37.9 Å². The second-order valence-electron chi connectivity index (χ2n) is 6.65. The summed E-state index contributed by atoms with van der Waals surface area (Å²) in [6, 6.07) is 14.6. The zero-order valence-electron chi connectivity index (χ0n) is 16.1. The second kappa shape index (κ2) is 9.00. The molecule has 146 valence electrons. The normalized spacial score (nSPS) is 16.0. The molecule has 2 aromatic carbocycles. The summed E-state index contributed by atoms with van der Waals surface area (Å²) in [5.41, 5.74) is 2.03. The van der Waals surface area contributed by atoms with Crippen LogP contribution in [0.5, 0.6) is 11.5 Å². The molecule has 2 amide bonds. The first-order valence-electron chi connectivity index (χ1n) is 9.17. The van der Waals surface area contributed by atoms with Crippen molar-refractivity contribution in [2.24, 2.45) is 0 Å². The molecule has 28 heavy (non-hydrogen) atoms. The lowest BCUT2D eigenvalue weighted by atomic mass is 10.1. The summed E-state index contributed by atoms with van der Waals surface area (Å²) in [5.74, 6) is 1.43. The number of likely N-dealkylation sites (tertiary alicyclic amines) is 1. The first kappa shape index (κ1) is 19.4. The number of amides is 2. The number of urea groups is 1. The molecule has 2 N–H and O–H groups in total. The van der Waals surface area contributed by atoms with Gasteiger partial charge in [-0.05, 0) is 31.0 Å². The van der Waals surface area contributed by atoms with E-state index < -0.39 is 0 Å². The van der Waals surface area contributed by atoms with Crippen molar-refractivity contribution < 1.29 is 14.3 Å². The lowest BCUT2D eigenvalue weighted by Gasteiger charge is -2.33. The summed E-state index contributed by atoms with van der Waals surface area (Å²) in [6.45, 7) is 1.28. The Labute approximate surface area is 164 Å². The van der Waals surface area contributed by atoms with Gasteiger partial charge in [-0.1, -0.05) is 6.07 Å². The molecule has 3 rings (SSSR count). The largest absolute Gasteiger partial charge is 0.497 e. The maximum atomic E-state index is 12.6. The highest BCUT2D eigenvalue weighted by molar-refractivity contribution is 5.89. The molecule has 1 unspecified atom stereocenters. The Morgan fingerprint density at radius 2 is 1.89 bits per heavy atom. The Balaban J connectivity index is 1.63. The number of carbonyl (C=O) groups excluding carboxylic acids is 1. The van der Waals surface area contributed by atoms with Crippen LogP contribution in [0.15, 0.2) is 42.5 Å². The fourth-order valence-electron chi connectivity index (χ4n) is 3.27. The van der Waals surface area contributed by atoms with Gasteiger partial charge in [0, 0.05) is 48.7 Å². The van der Waals surface area contributed by atoms with E-state index in [0.29, 0.717) is 35.8 Å². The fourth-order valence-corrected chi connectivity index (χ4v) is 3.27.